The molecule has 156 valence electrons. The van der Waals surface area contributed by atoms with E-state index in [0.717, 1.165) is 12.8 Å². The zero-order chi connectivity index (χ0) is 20.7. The third kappa shape index (κ3) is 10.2. The van der Waals surface area contributed by atoms with Crippen molar-refractivity contribution in [3.63, 3.8) is 0 Å². The Morgan fingerprint density at radius 1 is 1.11 bits per heavy atom. The van der Waals surface area contributed by atoms with E-state index in [1.807, 2.05) is 20.8 Å². The molecule has 1 rings (SSSR count). The molecule has 8 heteroatoms. The summed E-state index contributed by atoms with van der Waals surface area (Å²) in [5.41, 5.74) is -1.07. The summed E-state index contributed by atoms with van der Waals surface area (Å²) in [4.78, 5) is 37.6. The Morgan fingerprint density at radius 2 is 1.74 bits per heavy atom. The van der Waals surface area contributed by atoms with Gasteiger partial charge in [-0.15, -0.1) is 0 Å². The highest BCUT2D eigenvalue weighted by atomic mass is 16.6. The minimum Gasteiger partial charge on any atom is -0.459 e. The van der Waals surface area contributed by atoms with Gasteiger partial charge in [-0.25, -0.2) is 4.79 Å². The predicted octanol–water partition coefficient (Wildman–Crippen LogP) is 1.82. The van der Waals surface area contributed by atoms with Crippen LogP contribution in [0.15, 0.2) is 0 Å². The van der Waals surface area contributed by atoms with Crippen LogP contribution in [0.1, 0.15) is 60.8 Å². The third-order valence-electron chi connectivity index (χ3n) is 3.71. The minimum absolute atomic E-state index is 0.0194. The van der Waals surface area contributed by atoms with Gasteiger partial charge in [0.25, 0.3) is 0 Å². The van der Waals surface area contributed by atoms with Crippen molar-refractivity contribution in [1.29, 1.82) is 0 Å². The first-order valence-corrected chi connectivity index (χ1v) is 9.58. The number of hydrogen-bond acceptors (Lipinski definition) is 6. The molecule has 0 saturated carbocycles. The molecule has 1 heterocycles. The summed E-state index contributed by atoms with van der Waals surface area (Å²) in [6, 6.07) is -0.303. The Labute approximate surface area is 162 Å². The molecule has 8 nitrogen and oxygen atoms in total. The maximum Gasteiger partial charge on any atom is 0.407 e. The van der Waals surface area contributed by atoms with Crippen molar-refractivity contribution in [2.75, 3.05) is 26.2 Å². The molecule has 0 radical (unpaired) electrons. The average Bonchev–Trinajstić information content (AvgIpc) is 2.46. The second-order valence-corrected chi connectivity index (χ2v) is 8.78. The molecule has 2 N–H and O–H groups in total. The van der Waals surface area contributed by atoms with Gasteiger partial charge >= 0.3 is 12.1 Å². The molecule has 1 fully saturated rings. The monoisotopic (exact) mass is 385 g/mol. The summed E-state index contributed by atoms with van der Waals surface area (Å²) in [5, 5.41) is 5.90. The number of nitrogens with one attached hydrogen (secondary N) is 2. The standard InChI is InChI=1S/C19H35N3O5/c1-18(2,3)26-15(23)13-22-12-11-20-14(16(22)24)9-7-8-10-21-17(25)27-19(4,5)6/h14,20H,7-13H2,1-6H3,(H,21,25)/t14-/m0/s1. The van der Waals surface area contributed by atoms with Crippen LogP contribution in [-0.4, -0.2) is 66.3 Å². The summed E-state index contributed by atoms with van der Waals surface area (Å²) in [6.45, 7) is 12.5. The highest BCUT2D eigenvalue weighted by Crippen LogP contribution is 2.12. The van der Waals surface area contributed by atoms with Crippen molar-refractivity contribution in [1.82, 2.24) is 15.5 Å². The number of hydrogen-bond donors (Lipinski definition) is 2. The molecule has 2 amide bonds. The van der Waals surface area contributed by atoms with Crippen LogP contribution < -0.4 is 10.6 Å². The molecule has 1 aliphatic heterocycles. The molecule has 1 atom stereocenters. The van der Waals surface area contributed by atoms with Gasteiger partial charge in [-0.2, -0.15) is 0 Å². The highest BCUT2D eigenvalue weighted by Gasteiger charge is 2.30. The van der Waals surface area contributed by atoms with Crippen LogP contribution in [0.5, 0.6) is 0 Å². The summed E-state index contributed by atoms with van der Waals surface area (Å²) < 4.78 is 10.5. The fourth-order valence-electron chi connectivity index (χ4n) is 2.68. The number of amides is 2. The zero-order valence-electron chi connectivity index (χ0n) is 17.5. The summed E-state index contributed by atoms with van der Waals surface area (Å²) in [7, 11) is 0. The minimum atomic E-state index is -0.561. The van der Waals surface area contributed by atoms with E-state index in [2.05, 4.69) is 10.6 Å². The molecule has 1 aliphatic rings. The molecule has 0 spiro atoms. The van der Waals surface area contributed by atoms with Crippen LogP contribution in [0.3, 0.4) is 0 Å². The van der Waals surface area contributed by atoms with Crippen LogP contribution in [0.2, 0.25) is 0 Å². The second-order valence-electron chi connectivity index (χ2n) is 8.78. The Hall–Kier alpha value is -1.83. The van der Waals surface area contributed by atoms with E-state index < -0.39 is 23.3 Å². The molecule has 1 saturated heterocycles. The Kier molecular flexibility index (Phi) is 8.53. The molecule has 27 heavy (non-hydrogen) atoms. The van der Waals surface area contributed by atoms with Crippen molar-refractivity contribution in [3.8, 4) is 0 Å². The van der Waals surface area contributed by atoms with Crippen molar-refractivity contribution in [3.05, 3.63) is 0 Å². The first kappa shape index (κ1) is 23.2. The lowest BCUT2D eigenvalue weighted by Crippen LogP contribution is -2.56. The topological polar surface area (TPSA) is 97.0 Å². The number of alkyl carbamates (subject to hydrolysis) is 1. The number of carbonyl (C=O) groups is 3. The van der Waals surface area contributed by atoms with E-state index in [9.17, 15) is 14.4 Å². The van der Waals surface area contributed by atoms with Crippen LogP contribution in [-0.2, 0) is 19.1 Å². The lowest BCUT2D eigenvalue weighted by atomic mass is 10.1. The number of unbranched alkanes of at least 4 members (excludes halogenated alkanes) is 1. The summed E-state index contributed by atoms with van der Waals surface area (Å²) >= 11 is 0. The van der Waals surface area contributed by atoms with Crippen molar-refractivity contribution >= 4 is 18.0 Å². The van der Waals surface area contributed by atoms with Gasteiger partial charge in [-0.3, -0.25) is 9.59 Å². The van der Waals surface area contributed by atoms with Crippen molar-refractivity contribution in [2.45, 2.75) is 78.0 Å². The van der Waals surface area contributed by atoms with Crippen LogP contribution >= 0.6 is 0 Å². The van der Waals surface area contributed by atoms with Gasteiger partial charge in [0.05, 0.1) is 6.04 Å². The maximum absolute atomic E-state index is 12.5. The van der Waals surface area contributed by atoms with Crippen molar-refractivity contribution < 1.29 is 23.9 Å². The lowest BCUT2D eigenvalue weighted by Gasteiger charge is -2.33. The highest BCUT2D eigenvalue weighted by molar-refractivity contribution is 5.86. The number of rotatable bonds is 7. The molecule has 0 bridgehead atoms. The molecule has 0 unspecified atom stereocenters. The quantitative estimate of drug-likeness (QED) is 0.513. The summed E-state index contributed by atoms with van der Waals surface area (Å²) in [5.74, 6) is -0.467. The van der Waals surface area contributed by atoms with Gasteiger partial charge < -0.3 is 25.0 Å². The summed E-state index contributed by atoms with van der Waals surface area (Å²) in [6.07, 6.45) is 1.74. The molecule has 0 aliphatic carbocycles. The Morgan fingerprint density at radius 3 is 2.33 bits per heavy atom. The first-order chi connectivity index (χ1) is 12.4. The second kappa shape index (κ2) is 9.92. The number of esters is 1. The van der Waals surface area contributed by atoms with Gasteiger partial charge in [0, 0.05) is 19.6 Å². The zero-order valence-corrected chi connectivity index (χ0v) is 17.5. The first-order valence-electron chi connectivity index (χ1n) is 9.58. The van der Waals surface area contributed by atoms with Gasteiger partial charge in [0.1, 0.15) is 17.7 Å². The van der Waals surface area contributed by atoms with Gasteiger partial charge in [0.15, 0.2) is 0 Å². The van der Waals surface area contributed by atoms with Gasteiger partial charge in [0.2, 0.25) is 5.91 Å². The van der Waals surface area contributed by atoms with Gasteiger partial charge in [-0.1, -0.05) is 0 Å². The number of carbonyl (C=O) groups excluding carboxylic acids is 3. The fourth-order valence-corrected chi connectivity index (χ4v) is 2.68. The van der Waals surface area contributed by atoms with E-state index in [4.69, 9.17) is 9.47 Å². The lowest BCUT2D eigenvalue weighted by molar-refractivity contribution is -0.159. The third-order valence-corrected chi connectivity index (χ3v) is 3.71. The van der Waals surface area contributed by atoms with Crippen molar-refractivity contribution in [2.24, 2.45) is 0 Å². The SMILES string of the molecule is CC(C)(C)OC(=O)CN1CCN[C@@H](CCCCNC(=O)OC(C)(C)C)C1=O. The number of piperazine rings is 1. The average molecular weight is 386 g/mol. The van der Waals surface area contributed by atoms with E-state index in [-0.39, 0.29) is 18.5 Å². The normalized spacial score (nSPS) is 18.2. The van der Waals surface area contributed by atoms with Crippen LogP contribution in [0.4, 0.5) is 4.79 Å². The number of nitrogens with zero attached hydrogens (tertiary/aromatic N) is 1. The fraction of sp³-hybridized carbons (Fsp3) is 0.842. The Balaban J connectivity index is 2.30. The largest absolute Gasteiger partial charge is 0.459 e. The molecule has 0 aromatic carbocycles. The number of ether oxygens (including phenoxy) is 2. The molecular formula is C19H35N3O5. The van der Waals surface area contributed by atoms with Crippen LogP contribution in [0.25, 0.3) is 0 Å². The maximum atomic E-state index is 12.5. The van der Waals surface area contributed by atoms with E-state index in [1.54, 1.807) is 25.7 Å². The van der Waals surface area contributed by atoms with Gasteiger partial charge in [-0.05, 0) is 60.8 Å². The van der Waals surface area contributed by atoms with E-state index in [1.165, 1.54) is 0 Å². The Bertz CT molecular complexity index is 522. The molecular weight excluding hydrogens is 350 g/mol. The molecule has 0 aromatic heterocycles. The van der Waals surface area contributed by atoms with Crippen LogP contribution in [0, 0.1) is 0 Å². The smallest absolute Gasteiger partial charge is 0.407 e. The van der Waals surface area contributed by atoms with E-state index >= 15 is 0 Å². The molecule has 0 aromatic rings. The van der Waals surface area contributed by atoms with E-state index in [0.29, 0.717) is 26.1 Å². The predicted molar refractivity (Wildman–Crippen MR) is 102 cm³/mol.